The number of likely N-dealkylation sites (N-methyl/N-ethyl adjacent to an activating group) is 1. The maximum atomic E-state index is 13.8. The monoisotopic (exact) mass is 358 g/mol. The highest BCUT2D eigenvalue weighted by molar-refractivity contribution is 5.86. The van der Waals surface area contributed by atoms with Gasteiger partial charge in [-0.15, -0.1) is 12.4 Å². The molecule has 0 unspecified atom stereocenters. The topological polar surface area (TPSA) is 8.17 Å². The first-order valence-electron chi connectivity index (χ1n) is 8.74. The van der Waals surface area contributed by atoms with E-state index in [-0.39, 0.29) is 18.2 Å². The highest BCUT2D eigenvalue weighted by Crippen LogP contribution is 2.31. The maximum Gasteiger partial charge on any atom is 0.123 e. The highest BCUT2D eigenvalue weighted by atomic mass is 35.5. The quantitative estimate of drug-likeness (QED) is 0.649. The maximum absolute atomic E-state index is 13.8. The van der Waals surface area contributed by atoms with Crippen molar-refractivity contribution in [2.45, 2.75) is 32.4 Å². The molecule has 1 aromatic heterocycles. The van der Waals surface area contributed by atoms with E-state index in [1.165, 1.54) is 22.3 Å². The molecule has 2 heterocycles. The molecule has 0 aliphatic carbocycles. The fraction of sp³-hybridized carbons (Fsp3) is 0.333. The molecule has 2 aromatic carbocycles. The second-order valence-corrected chi connectivity index (χ2v) is 6.82. The van der Waals surface area contributed by atoms with Crippen molar-refractivity contribution < 1.29 is 4.39 Å². The summed E-state index contributed by atoms with van der Waals surface area (Å²) in [6.45, 7) is 2.99. The van der Waals surface area contributed by atoms with Gasteiger partial charge in [0.1, 0.15) is 5.82 Å². The Morgan fingerprint density at radius 1 is 1.08 bits per heavy atom. The average molecular weight is 359 g/mol. The van der Waals surface area contributed by atoms with E-state index in [2.05, 4.69) is 46.8 Å². The van der Waals surface area contributed by atoms with E-state index in [9.17, 15) is 4.39 Å². The van der Waals surface area contributed by atoms with Gasteiger partial charge in [0.15, 0.2) is 0 Å². The number of aromatic nitrogens is 1. The second kappa shape index (κ2) is 7.59. The van der Waals surface area contributed by atoms with Gasteiger partial charge >= 0.3 is 0 Å². The second-order valence-electron chi connectivity index (χ2n) is 6.82. The zero-order chi connectivity index (χ0) is 16.5. The summed E-state index contributed by atoms with van der Waals surface area (Å²) in [5, 5.41) is 1.09. The van der Waals surface area contributed by atoms with E-state index in [1.807, 2.05) is 6.07 Å². The number of halogens is 2. The number of rotatable bonds is 4. The van der Waals surface area contributed by atoms with Gasteiger partial charge in [0, 0.05) is 42.7 Å². The predicted octanol–water partition coefficient (Wildman–Crippen LogP) is 4.82. The van der Waals surface area contributed by atoms with Crippen LogP contribution in [0, 0.1) is 5.82 Å². The number of hydrogen-bond acceptors (Lipinski definition) is 1. The lowest BCUT2D eigenvalue weighted by Crippen LogP contribution is -2.27. The Bertz CT molecular complexity index is 857. The first-order valence-corrected chi connectivity index (χ1v) is 8.74. The van der Waals surface area contributed by atoms with Crippen molar-refractivity contribution >= 4 is 23.3 Å². The zero-order valence-electron chi connectivity index (χ0n) is 14.5. The molecule has 0 fully saturated rings. The molecule has 0 radical (unpaired) electrons. The minimum atomic E-state index is -0.139. The Kier molecular flexibility index (Phi) is 5.45. The van der Waals surface area contributed by atoms with Gasteiger partial charge in [-0.1, -0.05) is 30.3 Å². The first kappa shape index (κ1) is 18.0. The molecule has 0 atom stereocenters. The number of aryl methyl sites for hydroxylation is 2. The van der Waals surface area contributed by atoms with Crippen LogP contribution in [0.3, 0.4) is 0 Å². The number of benzene rings is 2. The van der Waals surface area contributed by atoms with Gasteiger partial charge < -0.3 is 9.47 Å². The summed E-state index contributed by atoms with van der Waals surface area (Å²) in [5.41, 5.74) is 5.29. The van der Waals surface area contributed by atoms with Crippen LogP contribution in [0.5, 0.6) is 0 Å². The van der Waals surface area contributed by atoms with E-state index in [0.29, 0.717) is 0 Å². The van der Waals surface area contributed by atoms with Crippen LogP contribution in [-0.2, 0) is 25.9 Å². The molecule has 1 aliphatic heterocycles. The minimum absolute atomic E-state index is 0. The zero-order valence-corrected chi connectivity index (χ0v) is 15.4. The molecule has 25 heavy (non-hydrogen) atoms. The predicted molar refractivity (Wildman–Crippen MR) is 104 cm³/mol. The Morgan fingerprint density at radius 3 is 2.68 bits per heavy atom. The van der Waals surface area contributed by atoms with Crippen molar-refractivity contribution in [2.24, 2.45) is 0 Å². The summed E-state index contributed by atoms with van der Waals surface area (Å²) in [7, 11) is 2.14. The van der Waals surface area contributed by atoms with Crippen LogP contribution in [0.4, 0.5) is 4.39 Å². The molecule has 4 rings (SSSR count). The van der Waals surface area contributed by atoms with Crippen molar-refractivity contribution in [3.05, 3.63) is 71.2 Å². The molecule has 132 valence electrons. The third-order valence-corrected chi connectivity index (χ3v) is 5.10. The Morgan fingerprint density at radius 2 is 1.88 bits per heavy atom. The molecule has 0 N–H and O–H groups in total. The fourth-order valence-corrected chi connectivity index (χ4v) is 3.90. The van der Waals surface area contributed by atoms with Crippen LogP contribution in [-0.4, -0.2) is 23.1 Å². The van der Waals surface area contributed by atoms with Crippen molar-refractivity contribution in [2.75, 3.05) is 13.6 Å². The smallest absolute Gasteiger partial charge is 0.123 e. The largest absolute Gasteiger partial charge is 0.344 e. The Hall–Kier alpha value is -1.84. The molecular weight excluding hydrogens is 335 g/mol. The van der Waals surface area contributed by atoms with Gasteiger partial charge in [-0.2, -0.15) is 0 Å². The summed E-state index contributed by atoms with van der Waals surface area (Å²) in [6, 6.07) is 15.9. The van der Waals surface area contributed by atoms with E-state index >= 15 is 0 Å². The normalized spacial score (nSPS) is 14.3. The molecular formula is C21H24ClFN2. The standard InChI is InChI=1S/C21H23FN2.ClH/c1-23-13-11-21-19(15-23)18-14-17(22)9-10-20(18)24(21)12-5-8-16-6-3-2-4-7-16;/h2-4,6-7,9-10,14H,5,8,11-13,15H2,1H3;1H. The number of hydrogen-bond donors (Lipinski definition) is 0. The van der Waals surface area contributed by atoms with Crippen LogP contribution in [0.25, 0.3) is 10.9 Å². The van der Waals surface area contributed by atoms with Crippen molar-refractivity contribution in [3.8, 4) is 0 Å². The lowest BCUT2D eigenvalue weighted by Gasteiger charge is -2.24. The molecule has 2 nitrogen and oxygen atoms in total. The summed E-state index contributed by atoms with van der Waals surface area (Å²) >= 11 is 0. The lowest BCUT2D eigenvalue weighted by molar-refractivity contribution is 0.309. The molecule has 1 aliphatic rings. The molecule has 4 heteroatoms. The minimum Gasteiger partial charge on any atom is -0.344 e. The van der Waals surface area contributed by atoms with Crippen LogP contribution in [0.2, 0.25) is 0 Å². The lowest BCUT2D eigenvalue weighted by atomic mass is 10.0. The SMILES string of the molecule is CN1CCc2c(c3cc(F)ccc3n2CCCc2ccccc2)C1.Cl. The molecule has 0 spiro atoms. The average Bonchev–Trinajstić information content (AvgIpc) is 2.89. The molecule has 0 bridgehead atoms. The van der Waals surface area contributed by atoms with Crippen LogP contribution in [0.1, 0.15) is 23.2 Å². The van der Waals surface area contributed by atoms with Gasteiger partial charge in [-0.25, -0.2) is 4.39 Å². The summed E-state index contributed by atoms with van der Waals surface area (Å²) < 4.78 is 16.2. The third kappa shape index (κ3) is 3.58. The van der Waals surface area contributed by atoms with Gasteiger partial charge in [-0.3, -0.25) is 0 Å². The van der Waals surface area contributed by atoms with Gasteiger partial charge in [-0.05, 0) is 49.2 Å². The van der Waals surface area contributed by atoms with Crippen LogP contribution < -0.4 is 0 Å². The summed E-state index contributed by atoms with van der Waals surface area (Å²) in [4.78, 5) is 2.32. The molecule has 0 amide bonds. The van der Waals surface area contributed by atoms with Gasteiger partial charge in [0.2, 0.25) is 0 Å². The molecule has 3 aromatic rings. The third-order valence-electron chi connectivity index (χ3n) is 5.10. The van der Waals surface area contributed by atoms with E-state index in [4.69, 9.17) is 0 Å². The number of fused-ring (bicyclic) bond motifs is 3. The first-order chi connectivity index (χ1) is 11.7. The van der Waals surface area contributed by atoms with E-state index in [1.54, 1.807) is 12.1 Å². The van der Waals surface area contributed by atoms with Crippen molar-refractivity contribution in [1.82, 2.24) is 9.47 Å². The Balaban J connectivity index is 0.00000182. The van der Waals surface area contributed by atoms with Gasteiger partial charge in [0.05, 0.1) is 0 Å². The van der Waals surface area contributed by atoms with Gasteiger partial charge in [0.25, 0.3) is 0 Å². The molecule has 0 saturated carbocycles. The fourth-order valence-electron chi connectivity index (χ4n) is 3.90. The van der Waals surface area contributed by atoms with E-state index in [0.717, 1.165) is 44.3 Å². The van der Waals surface area contributed by atoms with Crippen LogP contribution >= 0.6 is 12.4 Å². The molecule has 0 saturated heterocycles. The highest BCUT2D eigenvalue weighted by Gasteiger charge is 2.22. The summed E-state index contributed by atoms with van der Waals surface area (Å²) in [5.74, 6) is -0.139. The van der Waals surface area contributed by atoms with Crippen molar-refractivity contribution in [1.29, 1.82) is 0 Å². The number of nitrogens with zero attached hydrogens (tertiary/aromatic N) is 2. The van der Waals surface area contributed by atoms with Crippen LogP contribution in [0.15, 0.2) is 48.5 Å². The van der Waals surface area contributed by atoms with E-state index < -0.39 is 0 Å². The summed E-state index contributed by atoms with van der Waals surface area (Å²) in [6.07, 6.45) is 3.23. The Labute approximate surface area is 154 Å². The van der Waals surface area contributed by atoms with Crippen molar-refractivity contribution in [3.63, 3.8) is 0 Å².